The molecule has 0 amide bonds. The van der Waals surface area contributed by atoms with Crippen LogP contribution in [0.15, 0.2) is 24.3 Å². The van der Waals surface area contributed by atoms with Gasteiger partial charge in [-0.2, -0.15) is 0 Å². The van der Waals surface area contributed by atoms with Crippen LogP contribution in [0.5, 0.6) is 5.75 Å². The molecule has 0 spiro atoms. The number of hydrogen-bond acceptors (Lipinski definition) is 2. The van der Waals surface area contributed by atoms with Crippen molar-refractivity contribution in [3.05, 3.63) is 29.8 Å². The molecule has 0 aromatic heterocycles. The normalized spacial score (nSPS) is 9.33. The monoisotopic (exact) mass is 318 g/mol. The Morgan fingerprint density at radius 1 is 1.13 bits per heavy atom. The molecule has 0 heterocycles. The summed E-state index contributed by atoms with van der Waals surface area (Å²) in [6, 6.07) is 7.01. The minimum absolute atomic E-state index is 0. The van der Waals surface area contributed by atoms with Gasteiger partial charge in [-0.05, 0) is 37.0 Å². The van der Waals surface area contributed by atoms with Crippen LogP contribution in [-0.4, -0.2) is 40.6 Å². The number of rotatable bonds is 5. The Hall–Kier alpha value is -0.692. The van der Waals surface area contributed by atoms with Crippen molar-refractivity contribution in [1.82, 2.24) is 0 Å². The molecule has 15 heavy (non-hydrogen) atoms. The molecule has 0 unspecified atom stereocenters. The van der Waals surface area contributed by atoms with E-state index in [1.165, 1.54) is 0 Å². The second-order valence-electron chi connectivity index (χ2n) is 3.27. The topological polar surface area (TPSA) is 57.5 Å². The van der Waals surface area contributed by atoms with Crippen LogP contribution in [0.1, 0.15) is 24.8 Å². The summed E-state index contributed by atoms with van der Waals surface area (Å²) in [6.45, 7) is 0. The van der Waals surface area contributed by atoms with E-state index in [4.69, 9.17) is 10.2 Å². The van der Waals surface area contributed by atoms with Crippen molar-refractivity contribution in [1.29, 1.82) is 0 Å². The summed E-state index contributed by atoms with van der Waals surface area (Å²) in [5.41, 5.74) is 1.13. The van der Waals surface area contributed by atoms with E-state index in [9.17, 15) is 4.79 Å². The van der Waals surface area contributed by atoms with Gasteiger partial charge >= 0.3 is 30.4 Å². The van der Waals surface area contributed by atoms with Crippen molar-refractivity contribution in [3.63, 3.8) is 0 Å². The van der Waals surface area contributed by atoms with Crippen molar-refractivity contribution in [3.8, 4) is 5.75 Å². The number of unbranched alkanes of at least 4 members (excludes halogenated alkanes) is 1. The third kappa shape index (κ3) is 6.40. The molecule has 3 nitrogen and oxygen atoms in total. The fourth-order valence-corrected chi connectivity index (χ4v) is 1.27. The molecule has 0 saturated carbocycles. The van der Waals surface area contributed by atoms with Crippen LogP contribution in [-0.2, 0) is 11.2 Å². The molecule has 0 atom stereocenters. The summed E-state index contributed by atoms with van der Waals surface area (Å²) < 4.78 is 0. The summed E-state index contributed by atoms with van der Waals surface area (Å²) in [5.74, 6) is -0.477. The van der Waals surface area contributed by atoms with E-state index in [2.05, 4.69) is 0 Å². The van der Waals surface area contributed by atoms with E-state index in [1.807, 2.05) is 12.1 Å². The Balaban J connectivity index is 0.00000196. The van der Waals surface area contributed by atoms with Crippen LogP contribution in [0.3, 0.4) is 0 Å². The van der Waals surface area contributed by atoms with Crippen molar-refractivity contribution < 1.29 is 15.0 Å². The van der Waals surface area contributed by atoms with Gasteiger partial charge in [0.15, 0.2) is 0 Å². The molecule has 0 fully saturated rings. The fourth-order valence-electron chi connectivity index (χ4n) is 1.27. The van der Waals surface area contributed by atoms with Crippen molar-refractivity contribution >= 4 is 30.4 Å². The average Bonchev–Trinajstić information content (AvgIpc) is 2.15. The summed E-state index contributed by atoms with van der Waals surface area (Å²) in [4.78, 5) is 10.2. The van der Waals surface area contributed by atoms with Gasteiger partial charge in [-0.25, -0.2) is 0 Å². The predicted molar refractivity (Wildman–Crippen MR) is 63.2 cm³/mol. The van der Waals surface area contributed by atoms with Crippen LogP contribution in [0.25, 0.3) is 0 Å². The molecule has 84 valence electrons. The molecular weight excluding hydrogens is 302 g/mol. The molecule has 0 radical (unpaired) electrons. The van der Waals surface area contributed by atoms with E-state index in [1.54, 1.807) is 12.1 Å². The molecule has 0 aliphatic carbocycles. The summed E-state index contributed by atoms with van der Waals surface area (Å²) in [6.07, 6.45) is 2.68. The Labute approximate surface area is 107 Å². The van der Waals surface area contributed by atoms with Crippen molar-refractivity contribution in [2.24, 2.45) is 0 Å². The number of aliphatic carboxylic acids is 1. The van der Waals surface area contributed by atoms with E-state index in [0.717, 1.165) is 18.4 Å². The van der Waals surface area contributed by atoms with Gasteiger partial charge < -0.3 is 10.2 Å². The molecular formula is C11H17O3Sb. The molecule has 0 bridgehead atoms. The van der Waals surface area contributed by atoms with E-state index >= 15 is 0 Å². The number of phenols is 1. The fraction of sp³-hybridized carbons (Fsp3) is 0.364. The summed E-state index contributed by atoms with van der Waals surface area (Å²) >= 11 is 0. The zero-order chi connectivity index (χ0) is 10.4. The van der Waals surface area contributed by atoms with Gasteiger partial charge in [0.2, 0.25) is 0 Å². The molecule has 1 aromatic carbocycles. The third-order valence-corrected chi connectivity index (χ3v) is 2.04. The number of carboxylic acids is 1. The van der Waals surface area contributed by atoms with Gasteiger partial charge in [-0.3, -0.25) is 4.79 Å². The standard InChI is InChI=1S/C11H14O3.Sb.3H/c12-10-7-5-9(6-8-10)3-1-2-4-11(13)14;;;;/h5-8,12H,1-4H2,(H,13,14);;;;. The number of aryl methyl sites for hydroxylation is 1. The van der Waals surface area contributed by atoms with Crippen LogP contribution in [0, 0.1) is 0 Å². The summed E-state index contributed by atoms with van der Waals surface area (Å²) in [5, 5.41) is 17.4. The van der Waals surface area contributed by atoms with Crippen LogP contribution >= 0.6 is 0 Å². The van der Waals surface area contributed by atoms with Crippen LogP contribution in [0.2, 0.25) is 0 Å². The minimum atomic E-state index is -0.740. The summed E-state index contributed by atoms with van der Waals surface area (Å²) in [7, 11) is 0. The first-order valence-electron chi connectivity index (χ1n) is 4.68. The molecule has 1 rings (SSSR count). The van der Waals surface area contributed by atoms with Gasteiger partial charge in [-0.1, -0.05) is 12.1 Å². The van der Waals surface area contributed by atoms with Gasteiger partial charge in [0.1, 0.15) is 5.75 Å². The number of phenolic OH excluding ortho intramolecular Hbond substituents is 1. The molecule has 0 aliphatic rings. The van der Waals surface area contributed by atoms with Crippen molar-refractivity contribution in [2.75, 3.05) is 0 Å². The van der Waals surface area contributed by atoms with Crippen LogP contribution in [0.4, 0.5) is 0 Å². The number of carbonyl (C=O) groups is 1. The van der Waals surface area contributed by atoms with Crippen LogP contribution < -0.4 is 0 Å². The first-order valence-corrected chi connectivity index (χ1v) is 4.68. The number of carboxylic acid groups (broad SMARTS) is 1. The second-order valence-corrected chi connectivity index (χ2v) is 3.27. The van der Waals surface area contributed by atoms with E-state index < -0.39 is 5.97 Å². The molecule has 4 heteroatoms. The van der Waals surface area contributed by atoms with E-state index in [0.29, 0.717) is 6.42 Å². The van der Waals surface area contributed by atoms with Gasteiger partial charge in [0.05, 0.1) is 0 Å². The first kappa shape index (κ1) is 14.3. The van der Waals surface area contributed by atoms with Gasteiger partial charge in [0, 0.05) is 6.42 Å². The molecule has 2 N–H and O–H groups in total. The Kier molecular flexibility index (Phi) is 7.23. The third-order valence-electron chi connectivity index (χ3n) is 2.04. The number of aromatic hydroxyl groups is 1. The van der Waals surface area contributed by atoms with Gasteiger partial charge in [-0.15, -0.1) is 0 Å². The molecule has 0 saturated heterocycles. The maximum atomic E-state index is 10.2. The Morgan fingerprint density at radius 3 is 2.27 bits per heavy atom. The van der Waals surface area contributed by atoms with E-state index in [-0.39, 0.29) is 36.6 Å². The molecule has 1 aromatic rings. The zero-order valence-corrected chi connectivity index (χ0v) is 12.7. The Morgan fingerprint density at radius 2 is 1.73 bits per heavy atom. The van der Waals surface area contributed by atoms with Crippen molar-refractivity contribution in [2.45, 2.75) is 25.7 Å². The number of benzene rings is 1. The quantitative estimate of drug-likeness (QED) is 0.629. The maximum absolute atomic E-state index is 10.2. The van der Waals surface area contributed by atoms with Gasteiger partial charge in [0.25, 0.3) is 0 Å². The average molecular weight is 319 g/mol. The Bertz CT molecular complexity index is 295. The molecule has 0 aliphatic heterocycles. The first-order chi connectivity index (χ1) is 6.68. The zero-order valence-electron chi connectivity index (χ0n) is 8.65. The SMILES string of the molecule is O=C(O)CCCCc1ccc(O)cc1.[SbH3]. The predicted octanol–water partition coefficient (Wildman–Crippen LogP) is 1.01. The second kappa shape index (κ2) is 7.58. The number of hydrogen-bond donors (Lipinski definition) is 2.